The Bertz CT molecular complexity index is 1350. The van der Waals surface area contributed by atoms with Gasteiger partial charge in [0.1, 0.15) is 11.5 Å². The van der Waals surface area contributed by atoms with E-state index in [1.54, 1.807) is 68.4 Å². The van der Waals surface area contributed by atoms with Crippen LogP contribution in [0.5, 0.6) is 34.5 Å². The van der Waals surface area contributed by atoms with Gasteiger partial charge in [0, 0.05) is 28.6 Å². The monoisotopic (exact) mass is 490 g/mol. The van der Waals surface area contributed by atoms with Crippen molar-refractivity contribution >= 4 is 34.3 Å². The van der Waals surface area contributed by atoms with E-state index in [0.29, 0.717) is 27.3 Å². The van der Waals surface area contributed by atoms with Crippen LogP contribution in [-0.2, 0) is 9.59 Å². The SMILES string of the molecule is CCC(=O)Oc1c(Oc2ccccc2)c(Oc2ccccc2)c(OC(=O)CC)c2cc(Cl)ccc12. The van der Waals surface area contributed by atoms with Crippen molar-refractivity contribution in [3.8, 4) is 34.5 Å². The lowest BCUT2D eigenvalue weighted by atomic mass is 10.1. The number of halogens is 1. The first-order valence-electron chi connectivity index (χ1n) is 11.2. The Morgan fingerprint density at radius 1 is 0.629 bits per heavy atom. The van der Waals surface area contributed by atoms with Gasteiger partial charge in [0.25, 0.3) is 0 Å². The molecule has 4 rings (SSSR count). The van der Waals surface area contributed by atoms with E-state index in [0.717, 1.165) is 0 Å². The van der Waals surface area contributed by atoms with E-state index in [1.807, 2.05) is 24.3 Å². The lowest BCUT2D eigenvalue weighted by molar-refractivity contribution is -0.135. The van der Waals surface area contributed by atoms with E-state index in [4.69, 9.17) is 30.5 Å². The zero-order chi connectivity index (χ0) is 24.8. The topological polar surface area (TPSA) is 71.1 Å². The van der Waals surface area contributed by atoms with Crippen molar-refractivity contribution in [3.63, 3.8) is 0 Å². The summed E-state index contributed by atoms with van der Waals surface area (Å²) in [5.41, 5.74) is 0. The molecule has 0 aliphatic carbocycles. The second-order valence-electron chi connectivity index (χ2n) is 7.49. The normalized spacial score (nSPS) is 10.6. The number of fused-ring (bicyclic) bond motifs is 1. The molecule has 35 heavy (non-hydrogen) atoms. The molecule has 0 heterocycles. The summed E-state index contributed by atoms with van der Waals surface area (Å²) in [5, 5.41) is 1.31. The number of esters is 2. The van der Waals surface area contributed by atoms with Crippen LogP contribution in [0.15, 0.2) is 78.9 Å². The van der Waals surface area contributed by atoms with Crippen molar-refractivity contribution in [1.82, 2.24) is 0 Å². The van der Waals surface area contributed by atoms with E-state index >= 15 is 0 Å². The smallest absolute Gasteiger partial charge is 0.311 e. The third-order valence-corrected chi connectivity index (χ3v) is 5.26. The Kier molecular flexibility index (Phi) is 7.53. The molecule has 0 saturated carbocycles. The summed E-state index contributed by atoms with van der Waals surface area (Å²) in [6, 6.07) is 22.9. The molecule has 178 valence electrons. The maximum absolute atomic E-state index is 12.5. The van der Waals surface area contributed by atoms with E-state index in [-0.39, 0.29) is 35.8 Å². The summed E-state index contributed by atoms with van der Waals surface area (Å²) < 4.78 is 24.0. The Hall–Kier alpha value is -4.03. The standard InChI is InChI=1S/C28H23ClO6/c1-3-23(30)34-25-21-16-15-18(29)17-22(21)26(35-24(31)4-2)28(33-20-13-9-6-10-14-20)27(25)32-19-11-7-5-8-12-19/h5-17H,3-4H2,1-2H3. The highest BCUT2D eigenvalue weighted by Crippen LogP contribution is 2.54. The molecule has 4 aromatic rings. The molecule has 0 saturated heterocycles. The van der Waals surface area contributed by atoms with Crippen molar-refractivity contribution in [1.29, 1.82) is 0 Å². The molecule has 0 aromatic heterocycles. The number of rotatable bonds is 8. The minimum Gasteiger partial charge on any atom is -0.449 e. The molecule has 7 heteroatoms. The van der Waals surface area contributed by atoms with E-state index in [1.165, 1.54) is 0 Å². The van der Waals surface area contributed by atoms with Crippen LogP contribution in [0, 0.1) is 0 Å². The lowest BCUT2D eigenvalue weighted by Crippen LogP contribution is -2.11. The second kappa shape index (κ2) is 10.9. The Morgan fingerprint density at radius 3 is 1.54 bits per heavy atom. The maximum atomic E-state index is 12.5. The van der Waals surface area contributed by atoms with Crippen molar-refractivity contribution in [2.24, 2.45) is 0 Å². The zero-order valence-corrected chi connectivity index (χ0v) is 20.0. The fourth-order valence-electron chi connectivity index (χ4n) is 3.33. The molecule has 0 unspecified atom stereocenters. The quantitative estimate of drug-likeness (QED) is 0.186. The third kappa shape index (κ3) is 5.55. The number of carbonyl (C=O) groups excluding carboxylic acids is 2. The second-order valence-corrected chi connectivity index (χ2v) is 7.93. The molecule has 0 spiro atoms. The average Bonchev–Trinajstić information content (AvgIpc) is 2.88. The van der Waals surface area contributed by atoms with E-state index in [2.05, 4.69) is 0 Å². The van der Waals surface area contributed by atoms with E-state index in [9.17, 15) is 9.59 Å². The van der Waals surface area contributed by atoms with Crippen LogP contribution in [0.1, 0.15) is 26.7 Å². The minimum atomic E-state index is -0.479. The van der Waals surface area contributed by atoms with Crippen molar-refractivity contribution in [2.75, 3.05) is 0 Å². The minimum absolute atomic E-state index is 0.0792. The van der Waals surface area contributed by atoms with Crippen LogP contribution in [0.3, 0.4) is 0 Å². The van der Waals surface area contributed by atoms with Crippen LogP contribution in [0.25, 0.3) is 10.8 Å². The summed E-state index contributed by atoms with van der Waals surface area (Å²) in [7, 11) is 0. The number of hydrogen-bond acceptors (Lipinski definition) is 6. The average molecular weight is 491 g/mol. The number of hydrogen-bond donors (Lipinski definition) is 0. The Morgan fingerprint density at radius 2 is 1.09 bits per heavy atom. The predicted molar refractivity (Wildman–Crippen MR) is 134 cm³/mol. The van der Waals surface area contributed by atoms with E-state index < -0.39 is 11.9 Å². The van der Waals surface area contributed by atoms with Crippen LogP contribution >= 0.6 is 11.6 Å². The summed E-state index contributed by atoms with van der Waals surface area (Å²) in [6.45, 7) is 3.38. The highest BCUT2D eigenvalue weighted by molar-refractivity contribution is 6.31. The Balaban J connectivity index is 2.06. The van der Waals surface area contributed by atoms with Gasteiger partial charge < -0.3 is 18.9 Å². The number of benzene rings is 4. The van der Waals surface area contributed by atoms with Gasteiger partial charge in [-0.15, -0.1) is 0 Å². The highest BCUT2D eigenvalue weighted by atomic mass is 35.5. The van der Waals surface area contributed by atoms with Crippen molar-refractivity contribution in [2.45, 2.75) is 26.7 Å². The van der Waals surface area contributed by atoms with Gasteiger partial charge in [-0.05, 0) is 42.5 Å². The molecule has 0 radical (unpaired) electrons. The van der Waals surface area contributed by atoms with Gasteiger partial charge in [0.2, 0.25) is 11.5 Å². The summed E-state index contributed by atoms with van der Waals surface area (Å²) in [5.74, 6) is 0.408. The molecule has 0 N–H and O–H groups in total. The van der Waals surface area contributed by atoms with Crippen LogP contribution in [0.2, 0.25) is 5.02 Å². The molecule has 6 nitrogen and oxygen atoms in total. The molecule has 0 atom stereocenters. The van der Waals surface area contributed by atoms with Gasteiger partial charge in [-0.25, -0.2) is 0 Å². The van der Waals surface area contributed by atoms with Gasteiger partial charge >= 0.3 is 11.9 Å². The molecule has 0 fully saturated rings. The molecular formula is C28H23ClO6. The molecule has 0 amide bonds. The lowest BCUT2D eigenvalue weighted by Gasteiger charge is -2.21. The first-order chi connectivity index (χ1) is 17.0. The fraction of sp³-hybridized carbons (Fsp3) is 0.143. The number of ether oxygens (including phenoxy) is 4. The summed E-state index contributed by atoms with van der Waals surface area (Å²) in [4.78, 5) is 24.9. The van der Waals surface area contributed by atoms with Crippen molar-refractivity contribution < 1.29 is 28.5 Å². The molecule has 0 aliphatic rings. The van der Waals surface area contributed by atoms with Crippen LogP contribution < -0.4 is 18.9 Å². The number of carbonyl (C=O) groups is 2. The first-order valence-corrected chi connectivity index (χ1v) is 11.5. The maximum Gasteiger partial charge on any atom is 0.311 e. The Labute approximate surface area is 207 Å². The fourth-order valence-corrected chi connectivity index (χ4v) is 3.50. The molecule has 4 aromatic carbocycles. The van der Waals surface area contributed by atoms with Gasteiger partial charge in [-0.2, -0.15) is 0 Å². The van der Waals surface area contributed by atoms with Gasteiger partial charge in [0.05, 0.1) is 0 Å². The summed E-state index contributed by atoms with van der Waals surface area (Å²) in [6.07, 6.45) is 0.273. The molecule has 0 bridgehead atoms. The predicted octanol–water partition coefficient (Wildman–Crippen LogP) is 7.71. The van der Waals surface area contributed by atoms with Crippen molar-refractivity contribution in [3.05, 3.63) is 83.9 Å². The number of para-hydroxylation sites is 2. The van der Waals surface area contributed by atoms with Gasteiger partial charge in [-0.3, -0.25) is 9.59 Å². The molecular weight excluding hydrogens is 468 g/mol. The van der Waals surface area contributed by atoms with Crippen LogP contribution in [-0.4, -0.2) is 11.9 Å². The summed E-state index contributed by atoms with van der Waals surface area (Å²) >= 11 is 6.31. The largest absolute Gasteiger partial charge is 0.449 e. The first kappa shape index (κ1) is 24.1. The van der Waals surface area contributed by atoms with Crippen LogP contribution in [0.4, 0.5) is 0 Å². The highest BCUT2D eigenvalue weighted by Gasteiger charge is 2.28. The van der Waals surface area contributed by atoms with Gasteiger partial charge in [0.15, 0.2) is 11.5 Å². The third-order valence-electron chi connectivity index (χ3n) is 5.02. The zero-order valence-electron chi connectivity index (χ0n) is 19.2. The molecule has 0 aliphatic heterocycles. The van der Waals surface area contributed by atoms with Gasteiger partial charge in [-0.1, -0.05) is 61.8 Å².